The summed E-state index contributed by atoms with van der Waals surface area (Å²) >= 11 is 1.90. The number of para-hydroxylation sites is 4. The van der Waals surface area contributed by atoms with Gasteiger partial charge in [-0.3, -0.25) is 0 Å². The largest absolute Gasteiger partial charge is 0.309 e. The van der Waals surface area contributed by atoms with Gasteiger partial charge in [-0.05, 0) is 59.3 Å². The first-order valence-electron chi connectivity index (χ1n) is 15.5. The van der Waals surface area contributed by atoms with E-state index in [0.29, 0.717) is 0 Å². The molecule has 0 aliphatic carbocycles. The average Bonchev–Trinajstić information content (AvgIpc) is 3.76. The van der Waals surface area contributed by atoms with Gasteiger partial charge >= 0.3 is 0 Å². The molecular formula is C42H24N2S. The third kappa shape index (κ3) is 2.94. The minimum Gasteiger partial charge on any atom is -0.309 e. The Morgan fingerprint density at radius 1 is 0.333 bits per heavy atom. The predicted molar refractivity (Wildman–Crippen MR) is 195 cm³/mol. The van der Waals surface area contributed by atoms with Gasteiger partial charge in [0.1, 0.15) is 0 Å². The molecule has 0 amide bonds. The highest BCUT2D eigenvalue weighted by Gasteiger charge is 2.21. The molecule has 4 heterocycles. The minimum absolute atomic E-state index is 1.18. The third-order valence-corrected chi connectivity index (χ3v) is 11.0. The Balaban J connectivity index is 1.51. The van der Waals surface area contributed by atoms with E-state index in [4.69, 9.17) is 0 Å². The van der Waals surface area contributed by atoms with E-state index >= 15 is 0 Å². The molecule has 4 aromatic heterocycles. The molecule has 0 spiro atoms. The maximum absolute atomic E-state index is 2.55. The first kappa shape index (κ1) is 23.8. The Bertz CT molecular complexity index is 3030. The Kier molecular flexibility index (Phi) is 4.49. The maximum Gasteiger partial charge on any atom is 0.0620 e. The fraction of sp³-hybridized carbons (Fsp3) is 0. The van der Waals surface area contributed by atoms with Crippen LogP contribution in [0.3, 0.4) is 0 Å². The second-order valence-corrected chi connectivity index (χ2v) is 13.1. The molecule has 208 valence electrons. The SMILES string of the molecule is c1ccc(-n2c3ccccc3c3c4c5cccc6c7cccc8sc9cccc(c%10ccccc%10n(c4ccc32)c65)c9c87)cc1. The van der Waals surface area contributed by atoms with Crippen molar-refractivity contribution >= 4 is 102 Å². The van der Waals surface area contributed by atoms with E-state index in [1.54, 1.807) is 0 Å². The van der Waals surface area contributed by atoms with Crippen LogP contribution in [-0.4, -0.2) is 8.97 Å². The quantitative estimate of drug-likeness (QED) is 0.180. The van der Waals surface area contributed by atoms with Crippen molar-refractivity contribution in [2.45, 2.75) is 0 Å². The lowest BCUT2D eigenvalue weighted by molar-refractivity contribution is 1.18. The summed E-state index contributed by atoms with van der Waals surface area (Å²) in [4.78, 5) is 0. The van der Waals surface area contributed by atoms with Crippen LogP contribution in [0.15, 0.2) is 146 Å². The van der Waals surface area contributed by atoms with Crippen LogP contribution in [0.1, 0.15) is 0 Å². The highest BCUT2D eigenvalue weighted by atomic mass is 32.1. The van der Waals surface area contributed by atoms with E-state index in [1.165, 1.54) is 96.5 Å². The number of aromatic nitrogens is 2. The van der Waals surface area contributed by atoms with Crippen molar-refractivity contribution in [1.82, 2.24) is 8.97 Å². The fourth-order valence-corrected chi connectivity index (χ4v) is 9.31. The summed E-state index contributed by atoms with van der Waals surface area (Å²) in [7, 11) is 0. The van der Waals surface area contributed by atoms with E-state index in [1.807, 2.05) is 11.3 Å². The topological polar surface area (TPSA) is 9.34 Å². The third-order valence-electron chi connectivity index (χ3n) is 9.85. The standard InChI is InChI=1S/C42H24N2S/c1-2-11-25(12-3-1)43-33-20-7-5-14-30(33)38-34(43)23-24-35-39(38)31-18-8-17-29-28-16-10-22-37-41(28)40-27(15-9-21-36(40)45-37)26-13-4-6-19-32(26)44(35)42(29)31/h1-24H. The van der Waals surface area contributed by atoms with Gasteiger partial charge in [0, 0.05) is 58.2 Å². The number of nitrogens with zero attached hydrogens (tertiary/aromatic N) is 2. The van der Waals surface area contributed by atoms with Crippen LogP contribution >= 0.6 is 11.3 Å². The first-order valence-corrected chi connectivity index (χ1v) is 16.3. The van der Waals surface area contributed by atoms with Gasteiger partial charge < -0.3 is 8.97 Å². The molecule has 7 aromatic carbocycles. The number of benzene rings is 7. The normalized spacial score (nSPS) is 12.4. The molecule has 0 bridgehead atoms. The molecular weight excluding hydrogens is 565 g/mol. The van der Waals surface area contributed by atoms with Crippen LogP contribution in [0.25, 0.3) is 96.5 Å². The maximum atomic E-state index is 2.55. The second-order valence-electron chi connectivity index (χ2n) is 12.1. The second kappa shape index (κ2) is 8.50. The molecule has 2 nitrogen and oxygen atoms in total. The van der Waals surface area contributed by atoms with Gasteiger partial charge in [-0.2, -0.15) is 0 Å². The number of hydrogen-bond donors (Lipinski definition) is 0. The first-order chi connectivity index (χ1) is 22.4. The van der Waals surface area contributed by atoms with Gasteiger partial charge in [0.2, 0.25) is 0 Å². The van der Waals surface area contributed by atoms with Crippen LogP contribution < -0.4 is 0 Å². The van der Waals surface area contributed by atoms with Crippen molar-refractivity contribution in [2.24, 2.45) is 0 Å². The molecule has 0 radical (unpaired) electrons. The van der Waals surface area contributed by atoms with E-state index < -0.39 is 0 Å². The van der Waals surface area contributed by atoms with Gasteiger partial charge in [0.15, 0.2) is 0 Å². The Morgan fingerprint density at radius 3 is 1.69 bits per heavy atom. The molecule has 0 aliphatic rings. The molecule has 0 aliphatic heterocycles. The zero-order chi connectivity index (χ0) is 29.2. The van der Waals surface area contributed by atoms with Gasteiger partial charge in [-0.15, -0.1) is 11.3 Å². The number of fused-ring (bicyclic) bond motifs is 11. The fourth-order valence-electron chi connectivity index (χ4n) is 8.15. The lowest BCUT2D eigenvalue weighted by atomic mass is 10.00. The summed E-state index contributed by atoms with van der Waals surface area (Å²) in [6, 6.07) is 53.9. The molecule has 0 saturated heterocycles. The molecule has 0 N–H and O–H groups in total. The summed E-state index contributed by atoms with van der Waals surface area (Å²) in [5.74, 6) is 0. The smallest absolute Gasteiger partial charge is 0.0620 e. The Labute approximate surface area is 261 Å². The van der Waals surface area contributed by atoms with Crippen LogP contribution in [0.5, 0.6) is 0 Å². The van der Waals surface area contributed by atoms with Crippen molar-refractivity contribution < 1.29 is 0 Å². The molecule has 11 rings (SSSR count). The van der Waals surface area contributed by atoms with Crippen LogP contribution in [0.2, 0.25) is 0 Å². The molecule has 0 fully saturated rings. The van der Waals surface area contributed by atoms with Gasteiger partial charge in [0.05, 0.1) is 27.6 Å². The van der Waals surface area contributed by atoms with Crippen LogP contribution in [-0.2, 0) is 0 Å². The predicted octanol–water partition coefficient (Wildman–Crippen LogP) is 12.0. The van der Waals surface area contributed by atoms with Gasteiger partial charge in [-0.1, -0.05) is 97.1 Å². The highest BCUT2D eigenvalue weighted by molar-refractivity contribution is 7.26. The highest BCUT2D eigenvalue weighted by Crippen LogP contribution is 2.46. The summed E-state index contributed by atoms with van der Waals surface area (Å²) < 4.78 is 7.65. The molecule has 3 heteroatoms. The molecule has 0 atom stereocenters. The monoisotopic (exact) mass is 588 g/mol. The van der Waals surface area contributed by atoms with Gasteiger partial charge in [0.25, 0.3) is 0 Å². The van der Waals surface area contributed by atoms with E-state index in [-0.39, 0.29) is 0 Å². The number of thiophene rings is 1. The van der Waals surface area contributed by atoms with Crippen molar-refractivity contribution in [1.29, 1.82) is 0 Å². The van der Waals surface area contributed by atoms with Crippen molar-refractivity contribution in [3.05, 3.63) is 146 Å². The van der Waals surface area contributed by atoms with Gasteiger partial charge in [-0.25, -0.2) is 0 Å². The van der Waals surface area contributed by atoms with Crippen LogP contribution in [0.4, 0.5) is 0 Å². The Morgan fingerprint density at radius 2 is 0.889 bits per heavy atom. The van der Waals surface area contributed by atoms with Crippen molar-refractivity contribution in [3.63, 3.8) is 0 Å². The van der Waals surface area contributed by atoms with Crippen molar-refractivity contribution in [2.75, 3.05) is 0 Å². The van der Waals surface area contributed by atoms with Crippen LogP contribution in [0, 0.1) is 0 Å². The molecule has 0 unspecified atom stereocenters. The van der Waals surface area contributed by atoms with E-state index in [0.717, 1.165) is 0 Å². The summed E-state index contributed by atoms with van der Waals surface area (Å²) in [5.41, 5.74) is 7.35. The summed E-state index contributed by atoms with van der Waals surface area (Å²) in [5, 5.41) is 13.0. The number of rotatable bonds is 1. The Hall–Kier alpha value is -5.64. The minimum atomic E-state index is 1.18. The summed E-state index contributed by atoms with van der Waals surface area (Å²) in [6.45, 7) is 0. The summed E-state index contributed by atoms with van der Waals surface area (Å²) in [6.07, 6.45) is 0. The zero-order valence-corrected chi connectivity index (χ0v) is 25.0. The lowest BCUT2D eigenvalue weighted by Gasteiger charge is -2.07. The average molecular weight is 589 g/mol. The van der Waals surface area contributed by atoms with E-state index in [9.17, 15) is 0 Å². The van der Waals surface area contributed by atoms with E-state index in [2.05, 4.69) is 155 Å². The lowest BCUT2D eigenvalue weighted by Crippen LogP contribution is -1.92. The number of hydrogen-bond acceptors (Lipinski definition) is 1. The molecule has 45 heavy (non-hydrogen) atoms. The zero-order valence-electron chi connectivity index (χ0n) is 24.2. The molecule has 0 saturated carbocycles. The van der Waals surface area contributed by atoms with Crippen molar-refractivity contribution in [3.8, 4) is 5.69 Å². The molecule has 11 aromatic rings.